The fourth-order valence-electron chi connectivity index (χ4n) is 2.95. The summed E-state index contributed by atoms with van der Waals surface area (Å²) in [6.07, 6.45) is 4.85. The smallest absolute Gasteiger partial charge is 0.0406 e. The van der Waals surface area contributed by atoms with Gasteiger partial charge in [0.2, 0.25) is 0 Å². The lowest BCUT2D eigenvalue weighted by atomic mass is 9.59. The molecular formula is C15H22ClN. The molecule has 2 rings (SSSR count). The molecule has 0 aromatic heterocycles. The number of rotatable bonds is 4. The van der Waals surface area contributed by atoms with Crippen LogP contribution in [-0.2, 0) is 5.41 Å². The number of halogens is 1. The lowest BCUT2D eigenvalue weighted by molar-refractivity contribution is 0.178. The van der Waals surface area contributed by atoms with Crippen molar-refractivity contribution in [2.24, 2.45) is 11.7 Å². The predicted molar refractivity (Wildman–Crippen MR) is 74.4 cm³/mol. The van der Waals surface area contributed by atoms with Crippen LogP contribution in [0.4, 0.5) is 0 Å². The molecule has 1 saturated carbocycles. The van der Waals surface area contributed by atoms with Crippen molar-refractivity contribution < 1.29 is 0 Å². The summed E-state index contributed by atoms with van der Waals surface area (Å²) in [5.74, 6) is 0.662. The highest BCUT2D eigenvalue weighted by molar-refractivity contribution is 6.30. The zero-order chi connectivity index (χ0) is 12.5. The third-order valence-electron chi connectivity index (χ3n) is 4.10. The van der Waals surface area contributed by atoms with Gasteiger partial charge in [-0.25, -0.2) is 0 Å². The first kappa shape index (κ1) is 12.9. The van der Waals surface area contributed by atoms with Crippen molar-refractivity contribution in [3.05, 3.63) is 34.9 Å². The van der Waals surface area contributed by atoms with Crippen LogP contribution in [0.15, 0.2) is 24.3 Å². The average Bonchev–Trinajstić information content (AvgIpc) is 2.18. The SMILES string of the molecule is CC(C)C[C@H](N)C1(c2ccc(Cl)cc2)CCC1. The van der Waals surface area contributed by atoms with E-state index in [1.54, 1.807) is 0 Å². The molecule has 0 bridgehead atoms. The summed E-state index contributed by atoms with van der Waals surface area (Å²) in [4.78, 5) is 0. The fraction of sp³-hybridized carbons (Fsp3) is 0.600. The van der Waals surface area contributed by atoms with E-state index in [2.05, 4.69) is 26.0 Å². The Bertz CT molecular complexity index is 365. The van der Waals surface area contributed by atoms with E-state index in [1.807, 2.05) is 12.1 Å². The summed E-state index contributed by atoms with van der Waals surface area (Å²) >= 11 is 5.96. The largest absolute Gasteiger partial charge is 0.327 e. The van der Waals surface area contributed by atoms with Crippen LogP contribution < -0.4 is 5.73 Å². The normalized spacial score (nSPS) is 20.1. The average molecular weight is 252 g/mol. The standard InChI is InChI=1S/C15H22ClN/c1-11(2)10-14(17)15(8-3-9-15)12-4-6-13(16)7-5-12/h4-7,11,14H,3,8-10,17H2,1-2H3/t14-/m0/s1. The van der Waals surface area contributed by atoms with Crippen molar-refractivity contribution in [1.82, 2.24) is 0 Å². The first-order valence-corrected chi connectivity index (χ1v) is 6.94. The Hall–Kier alpha value is -0.530. The Morgan fingerprint density at radius 1 is 1.24 bits per heavy atom. The molecule has 0 aliphatic heterocycles. The van der Waals surface area contributed by atoms with Crippen LogP contribution in [0.5, 0.6) is 0 Å². The summed E-state index contributed by atoms with van der Waals surface area (Å²) in [7, 11) is 0. The van der Waals surface area contributed by atoms with E-state index in [0.29, 0.717) is 5.92 Å². The maximum atomic E-state index is 6.45. The number of hydrogen-bond donors (Lipinski definition) is 1. The highest BCUT2D eigenvalue weighted by Gasteiger charge is 2.43. The molecule has 0 spiro atoms. The van der Waals surface area contributed by atoms with Gasteiger partial charge in [0.1, 0.15) is 0 Å². The monoisotopic (exact) mass is 251 g/mol. The molecule has 2 N–H and O–H groups in total. The van der Waals surface area contributed by atoms with Crippen LogP contribution >= 0.6 is 11.6 Å². The maximum absolute atomic E-state index is 6.45. The molecule has 2 heteroatoms. The number of hydrogen-bond acceptors (Lipinski definition) is 1. The van der Waals surface area contributed by atoms with Crippen LogP contribution in [0, 0.1) is 5.92 Å². The quantitative estimate of drug-likeness (QED) is 0.855. The minimum Gasteiger partial charge on any atom is -0.327 e. The van der Waals surface area contributed by atoms with Gasteiger partial charge >= 0.3 is 0 Å². The van der Waals surface area contributed by atoms with E-state index >= 15 is 0 Å². The Morgan fingerprint density at radius 3 is 2.24 bits per heavy atom. The Morgan fingerprint density at radius 2 is 1.82 bits per heavy atom. The number of nitrogens with two attached hydrogens (primary N) is 1. The molecule has 1 aliphatic carbocycles. The van der Waals surface area contributed by atoms with Gasteiger partial charge in [0.25, 0.3) is 0 Å². The van der Waals surface area contributed by atoms with E-state index in [9.17, 15) is 0 Å². The summed E-state index contributed by atoms with van der Waals surface area (Å²) in [5.41, 5.74) is 8.05. The summed E-state index contributed by atoms with van der Waals surface area (Å²) in [6.45, 7) is 4.49. The van der Waals surface area contributed by atoms with Crippen LogP contribution in [0.3, 0.4) is 0 Å². The van der Waals surface area contributed by atoms with E-state index in [4.69, 9.17) is 17.3 Å². The molecule has 0 saturated heterocycles. The third kappa shape index (κ3) is 2.51. The molecule has 17 heavy (non-hydrogen) atoms. The second-order valence-corrected chi connectivity index (χ2v) is 6.19. The Kier molecular flexibility index (Phi) is 3.79. The van der Waals surface area contributed by atoms with Crippen LogP contribution in [0.25, 0.3) is 0 Å². The summed E-state index contributed by atoms with van der Waals surface area (Å²) < 4.78 is 0. The van der Waals surface area contributed by atoms with Crippen LogP contribution in [0.2, 0.25) is 5.02 Å². The second kappa shape index (κ2) is 4.99. The topological polar surface area (TPSA) is 26.0 Å². The molecule has 1 nitrogen and oxygen atoms in total. The first-order valence-electron chi connectivity index (χ1n) is 6.56. The lowest BCUT2D eigenvalue weighted by Crippen LogP contribution is -2.50. The maximum Gasteiger partial charge on any atom is 0.0406 e. The third-order valence-corrected chi connectivity index (χ3v) is 4.35. The van der Waals surface area contributed by atoms with Crippen LogP contribution in [-0.4, -0.2) is 6.04 Å². The molecule has 1 atom stereocenters. The number of benzene rings is 1. The van der Waals surface area contributed by atoms with Crippen molar-refractivity contribution in [3.8, 4) is 0 Å². The van der Waals surface area contributed by atoms with Gasteiger partial charge in [-0.3, -0.25) is 0 Å². The molecule has 1 aliphatic rings. The van der Waals surface area contributed by atoms with Gasteiger partial charge in [-0.1, -0.05) is 44.0 Å². The molecule has 0 amide bonds. The van der Waals surface area contributed by atoms with Crippen molar-refractivity contribution in [3.63, 3.8) is 0 Å². The van der Waals surface area contributed by atoms with Crippen molar-refractivity contribution in [2.75, 3.05) is 0 Å². The summed E-state index contributed by atoms with van der Waals surface area (Å²) in [6, 6.07) is 8.55. The molecule has 0 radical (unpaired) electrons. The van der Waals surface area contributed by atoms with Gasteiger partial charge in [0.05, 0.1) is 0 Å². The van der Waals surface area contributed by atoms with E-state index in [0.717, 1.165) is 11.4 Å². The van der Waals surface area contributed by atoms with Gasteiger partial charge < -0.3 is 5.73 Å². The Labute approximate surface area is 109 Å². The second-order valence-electron chi connectivity index (χ2n) is 5.75. The van der Waals surface area contributed by atoms with Gasteiger partial charge in [-0.15, -0.1) is 0 Å². The van der Waals surface area contributed by atoms with Crippen LogP contribution in [0.1, 0.15) is 45.1 Å². The van der Waals surface area contributed by atoms with Crippen molar-refractivity contribution >= 4 is 11.6 Å². The fourth-order valence-corrected chi connectivity index (χ4v) is 3.07. The molecule has 0 heterocycles. The summed E-state index contributed by atoms with van der Waals surface area (Å²) in [5, 5.41) is 0.806. The van der Waals surface area contributed by atoms with Crippen molar-refractivity contribution in [1.29, 1.82) is 0 Å². The minimum atomic E-state index is 0.217. The van der Waals surface area contributed by atoms with Gasteiger partial charge in [-0.2, -0.15) is 0 Å². The van der Waals surface area contributed by atoms with Crippen molar-refractivity contribution in [2.45, 2.75) is 51.0 Å². The van der Waals surface area contributed by atoms with E-state index < -0.39 is 0 Å². The highest BCUT2D eigenvalue weighted by Crippen LogP contribution is 2.47. The minimum absolute atomic E-state index is 0.217. The Balaban J connectivity index is 2.22. The molecule has 94 valence electrons. The highest BCUT2D eigenvalue weighted by atomic mass is 35.5. The lowest BCUT2D eigenvalue weighted by Gasteiger charge is -2.47. The zero-order valence-corrected chi connectivity index (χ0v) is 11.5. The van der Waals surface area contributed by atoms with Gasteiger partial charge in [-0.05, 0) is 42.9 Å². The zero-order valence-electron chi connectivity index (χ0n) is 10.7. The molecule has 1 fully saturated rings. The first-order chi connectivity index (χ1) is 8.04. The predicted octanol–water partition coefficient (Wildman–Crippen LogP) is 4.14. The van der Waals surface area contributed by atoms with E-state index in [-0.39, 0.29) is 11.5 Å². The molecule has 1 aromatic rings. The van der Waals surface area contributed by atoms with E-state index in [1.165, 1.54) is 24.8 Å². The van der Waals surface area contributed by atoms with Gasteiger partial charge in [0.15, 0.2) is 0 Å². The van der Waals surface area contributed by atoms with Gasteiger partial charge in [0, 0.05) is 16.5 Å². The molecular weight excluding hydrogens is 230 g/mol. The molecule has 0 unspecified atom stereocenters. The molecule has 1 aromatic carbocycles.